The van der Waals surface area contributed by atoms with Crippen LogP contribution in [-0.4, -0.2) is 68.5 Å². The van der Waals surface area contributed by atoms with E-state index in [1.165, 1.54) is 31.5 Å². The van der Waals surface area contributed by atoms with E-state index in [4.69, 9.17) is 0 Å². The van der Waals surface area contributed by atoms with E-state index in [0.29, 0.717) is 43.1 Å². The molecule has 2 N–H and O–H groups in total. The number of hydrogen-bond acceptors (Lipinski definition) is 5. The second kappa shape index (κ2) is 10.5. The maximum Gasteiger partial charge on any atom is 0.270 e. The molecule has 1 aromatic heterocycles. The molecule has 0 radical (unpaired) electrons. The molecule has 198 valence electrons. The molecule has 5 rings (SSSR count). The van der Waals surface area contributed by atoms with Crippen LogP contribution >= 0.6 is 0 Å². The second-order valence-corrected chi connectivity index (χ2v) is 11.2. The van der Waals surface area contributed by atoms with Crippen LogP contribution in [0.15, 0.2) is 36.5 Å². The molecule has 1 aliphatic carbocycles. The van der Waals surface area contributed by atoms with Gasteiger partial charge in [-0.25, -0.2) is 4.39 Å². The summed E-state index contributed by atoms with van der Waals surface area (Å²) < 4.78 is 15.2. The number of aromatic nitrogens is 1. The molecule has 1 saturated carbocycles. The largest absolute Gasteiger partial charge is 0.392 e. The molecule has 3 aliphatic rings. The van der Waals surface area contributed by atoms with Gasteiger partial charge in [-0.05, 0) is 50.8 Å². The Balaban J connectivity index is 1.31. The minimum atomic E-state index is -0.692. The fourth-order valence-corrected chi connectivity index (χ4v) is 6.37. The fraction of sp³-hybridized carbons (Fsp3) is 0.552. The van der Waals surface area contributed by atoms with E-state index in [9.17, 15) is 14.7 Å². The summed E-state index contributed by atoms with van der Waals surface area (Å²) in [6.45, 7) is 5.31. The van der Waals surface area contributed by atoms with Crippen LogP contribution < -0.4 is 5.32 Å². The van der Waals surface area contributed by atoms with Crippen molar-refractivity contribution < 1.29 is 19.1 Å². The van der Waals surface area contributed by atoms with Gasteiger partial charge in [0, 0.05) is 55.5 Å². The number of pyridine rings is 1. The lowest BCUT2D eigenvalue weighted by Crippen LogP contribution is -2.51. The molecule has 8 heteroatoms. The van der Waals surface area contributed by atoms with Crippen LogP contribution in [-0.2, 0) is 11.3 Å². The number of aliphatic hydroxyl groups excluding tert-OH is 1. The van der Waals surface area contributed by atoms with Crippen LogP contribution in [0.3, 0.4) is 0 Å². The summed E-state index contributed by atoms with van der Waals surface area (Å²) >= 11 is 0. The first kappa shape index (κ1) is 25.8. The fourth-order valence-electron chi connectivity index (χ4n) is 6.37. The maximum atomic E-state index is 15.2. The quantitative estimate of drug-likeness (QED) is 0.618. The van der Waals surface area contributed by atoms with Crippen LogP contribution in [0.1, 0.15) is 74.8 Å². The van der Waals surface area contributed by atoms with E-state index in [2.05, 4.69) is 20.1 Å². The summed E-state index contributed by atoms with van der Waals surface area (Å²) in [6, 6.07) is 8.71. The normalized spacial score (nSPS) is 24.9. The molecule has 3 heterocycles. The molecule has 37 heavy (non-hydrogen) atoms. The number of nitrogens with zero attached hydrogens (tertiary/aromatic N) is 3. The zero-order valence-corrected chi connectivity index (χ0v) is 21.8. The van der Waals surface area contributed by atoms with E-state index in [0.717, 1.165) is 24.9 Å². The average Bonchev–Trinajstić information content (AvgIpc) is 3.37. The predicted octanol–water partition coefficient (Wildman–Crippen LogP) is 3.90. The van der Waals surface area contributed by atoms with Crippen LogP contribution in [0.5, 0.6) is 0 Å². The Labute approximate surface area is 218 Å². The van der Waals surface area contributed by atoms with Crippen molar-refractivity contribution in [2.24, 2.45) is 0 Å². The number of aliphatic hydroxyl groups is 1. The third kappa shape index (κ3) is 5.14. The van der Waals surface area contributed by atoms with Gasteiger partial charge in [0.2, 0.25) is 5.91 Å². The Morgan fingerprint density at radius 3 is 2.68 bits per heavy atom. The summed E-state index contributed by atoms with van der Waals surface area (Å²) in [5.41, 5.74) is 1.36. The van der Waals surface area contributed by atoms with Crippen LogP contribution in [0.25, 0.3) is 11.1 Å². The maximum absolute atomic E-state index is 15.2. The molecule has 2 aliphatic heterocycles. The minimum absolute atomic E-state index is 0.00434. The van der Waals surface area contributed by atoms with Gasteiger partial charge in [0.25, 0.3) is 5.91 Å². The standard InChI is InChI=1S/C29H37FN4O3/c1-19(2)32-27(36)26-11-9-21(16-31-26)24-10-8-20(14-25(24)30)17-33-18-23(35)15-29(33)12-13-34(28(29)37)22-6-4-3-5-7-22/h8-11,14,16,19,22-23,35H,3-7,12-13,15,17-18H2,1-2H3,(H,32,36)/t23-,29+/m1/s1. The molecule has 0 bridgehead atoms. The average molecular weight is 509 g/mol. The van der Waals surface area contributed by atoms with Gasteiger partial charge in [-0.3, -0.25) is 19.5 Å². The zero-order valence-electron chi connectivity index (χ0n) is 21.8. The van der Waals surface area contributed by atoms with Crippen molar-refractivity contribution in [3.63, 3.8) is 0 Å². The Morgan fingerprint density at radius 1 is 1.22 bits per heavy atom. The Kier molecular flexibility index (Phi) is 7.32. The number of rotatable bonds is 6. The molecule has 2 atom stereocenters. The molecule has 7 nitrogen and oxygen atoms in total. The van der Waals surface area contributed by atoms with Crippen molar-refractivity contribution in [3.05, 3.63) is 53.6 Å². The molecule has 0 unspecified atom stereocenters. The van der Waals surface area contributed by atoms with Gasteiger partial charge >= 0.3 is 0 Å². The molecule has 2 amide bonds. The van der Waals surface area contributed by atoms with Crippen molar-refractivity contribution >= 4 is 11.8 Å². The van der Waals surface area contributed by atoms with Crippen molar-refractivity contribution in [1.82, 2.24) is 20.1 Å². The van der Waals surface area contributed by atoms with Gasteiger partial charge in [-0.15, -0.1) is 0 Å². The molecule has 1 aromatic carbocycles. The third-order valence-corrected chi connectivity index (χ3v) is 8.18. The van der Waals surface area contributed by atoms with Crippen molar-refractivity contribution in [2.75, 3.05) is 13.1 Å². The Morgan fingerprint density at radius 2 is 2.00 bits per heavy atom. The van der Waals surface area contributed by atoms with Crippen LogP contribution in [0, 0.1) is 5.82 Å². The van der Waals surface area contributed by atoms with Crippen molar-refractivity contribution in [2.45, 2.75) is 89.1 Å². The summed E-state index contributed by atoms with van der Waals surface area (Å²) in [5, 5.41) is 13.3. The SMILES string of the molecule is CC(C)NC(=O)c1ccc(-c2ccc(CN3C[C@H](O)C[C@]34CCN(C3CCCCC3)C4=O)cc2F)cn1. The molecular formula is C29H37FN4O3. The number of nitrogens with one attached hydrogen (secondary N) is 1. The highest BCUT2D eigenvalue weighted by Crippen LogP contribution is 2.42. The van der Waals surface area contributed by atoms with Crippen molar-refractivity contribution in [1.29, 1.82) is 0 Å². The molecule has 1 spiro atoms. The van der Waals surface area contributed by atoms with Gasteiger partial charge in [-0.2, -0.15) is 0 Å². The number of β-amino-alcohol motifs (C(OH)–C–C–N with tert-alkyl or cyclic N) is 1. The number of benzene rings is 1. The van der Waals surface area contributed by atoms with Crippen LogP contribution in [0.4, 0.5) is 4.39 Å². The van der Waals surface area contributed by atoms with Gasteiger partial charge in [0.05, 0.1) is 6.10 Å². The van der Waals surface area contributed by atoms with E-state index in [1.807, 2.05) is 19.9 Å². The summed E-state index contributed by atoms with van der Waals surface area (Å²) in [5.74, 6) is -0.502. The number of amides is 2. The first-order valence-corrected chi connectivity index (χ1v) is 13.6. The highest BCUT2D eigenvalue weighted by molar-refractivity contribution is 5.92. The smallest absolute Gasteiger partial charge is 0.270 e. The molecule has 2 saturated heterocycles. The first-order valence-electron chi connectivity index (χ1n) is 13.6. The minimum Gasteiger partial charge on any atom is -0.392 e. The van der Waals surface area contributed by atoms with Gasteiger partial charge in [0.1, 0.15) is 17.1 Å². The Bertz CT molecular complexity index is 1150. The van der Waals surface area contributed by atoms with E-state index in [1.54, 1.807) is 18.2 Å². The number of hydrogen-bond donors (Lipinski definition) is 2. The van der Waals surface area contributed by atoms with Crippen LogP contribution in [0.2, 0.25) is 0 Å². The lowest BCUT2D eigenvalue weighted by Gasteiger charge is -2.36. The van der Waals surface area contributed by atoms with Gasteiger partial charge < -0.3 is 15.3 Å². The number of likely N-dealkylation sites (tertiary alicyclic amines) is 2. The van der Waals surface area contributed by atoms with E-state index in [-0.39, 0.29) is 29.4 Å². The highest BCUT2D eigenvalue weighted by atomic mass is 19.1. The van der Waals surface area contributed by atoms with Gasteiger partial charge in [0.15, 0.2) is 0 Å². The zero-order chi connectivity index (χ0) is 26.2. The topological polar surface area (TPSA) is 85.8 Å². The van der Waals surface area contributed by atoms with E-state index < -0.39 is 11.6 Å². The first-order chi connectivity index (χ1) is 17.8. The molecular weight excluding hydrogens is 471 g/mol. The Hall–Kier alpha value is -2.84. The number of halogens is 1. The van der Waals surface area contributed by atoms with E-state index >= 15 is 4.39 Å². The predicted molar refractivity (Wildman–Crippen MR) is 139 cm³/mol. The highest BCUT2D eigenvalue weighted by Gasteiger charge is 2.56. The summed E-state index contributed by atoms with van der Waals surface area (Å²) in [6.07, 6.45) is 7.81. The number of carbonyl (C=O) groups is 2. The molecule has 3 fully saturated rings. The number of carbonyl (C=O) groups excluding carboxylic acids is 2. The van der Waals surface area contributed by atoms with Crippen molar-refractivity contribution in [3.8, 4) is 11.1 Å². The summed E-state index contributed by atoms with van der Waals surface area (Å²) in [4.78, 5) is 34.2. The molecule has 2 aromatic rings. The lowest BCUT2D eigenvalue weighted by atomic mass is 9.91. The third-order valence-electron chi connectivity index (χ3n) is 8.18. The summed E-state index contributed by atoms with van der Waals surface area (Å²) in [7, 11) is 0. The lowest BCUT2D eigenvalue weighted by molar-refractivity contribution is -0.139. The second-order valence-electron chi connectivity index (χ2n) is 11.2. The monoisotopic (exact) mass is 508 g/mol. The van der Waals surface area contributed by atoms with Gasteiger partial charge in [-0.1, -0.05) is 37.5 Å².